The largest absolute Gasteiger partial charge is 0.312 e. The van der Waals surface area contributed by atoms with E-state index in [1.165, 1.54) is 18.2 Å². The molecule has 96 valence electrons. The standard InChI is InChI=1S/C14H21F2N/c1-10(8-9-17-14(2,3)4)13-11(15)6-5-7-12(13)16/h5-7,10,17H,8-9H2,1-4H3. The molecular formula is C14H21F2N. The van der Waals surface area contributed by atoms with E-state index in [0.29, 0.717) is 0 Å². The molecule has 0 heterocycles. The number of hydrogen-bond donors (Lipinski definition) is 1. The van der Waals surface area contributed by atoms with Gasteiger partial charge in [-0.05, 0) is 51.8 Å². The van der Waals surface area contributed by atoms with Crippen molar-refractivity contribution in [3.05, 3.63) is 35.4 Å². The average molecular weight is 241 g/mol. The van der Waals surface area contributed by atoms with E-state index in [-0.39, 0.29) is 17.0 Å². The van der Waals surface area contributed by atoms with Gasteiger partial charge in [0.25, 0.3) is 0 Å². The summed E-state index contributed by atoms with van der Waals surface area (Å²) in [4.78, 5) is 0. The Morgan fingerprint density at radius 3 is 2.18 bits per heavy atom. The van der Waals surface area contributed by atoms with Gasteiger partial charge in [0.2, 0.25) is 0 Å². The molecule has 17 heavy (non-hydrogen) atoms. The lowest BCUT2D eigenvalue weighted by Gasteiger charge is -2.22. The predicted octanol–water partition coefficient (Wildman–Crippen LogP) is 3.85. The Morgan fingerprint density at radius 1 is 1.18 bits per heavy atom. The fourth-order valence-corrected chi connectivity index (χ4v) is 1.79. The maximum atomic E-state index is 13.5. The first-order valence-corrected chi connectivity index (χ1v) is 6.00. The molecule has 0 saturated heterocycles. The molecule has 1 aromatic carbocycles. The van der Waals surface area contributed by atoms with Gasteiger partial charge in [-0.2, -0.15) is 0 Å². The van der Waals surface area contributed by atoms with Gasteiger partial charge < -0.3 is 5.32 Å². The normalized spacial score (nSPS) is 13.8. The van der Waals surface area contributed by atoms with Crippen molar-refractivity contribution in [1.82, 2.24) is 5.32 Å². The van der Waals surface area contributed by atoms with Gasteiger partial charge >= 0.3 is 0 Å². The minimum absolute atomic E-state index is 0.0352. The third kappa shape index (κ3) is 4.43. The van der Waals surface area contributed by atoms with Gasteiger partial charge in [0.15, 0.2) is 0 Å². The molecule has 0 aromatic heterocycles. The topological polar surface area (TPSA) is 12.0 Å². The monoisotopic (exact) mass is 241 g/mol. The van der Waals surface area contributed by atoms with Crippen molar-refractivity contribution in [2.24, 2.45) is 0 Å². The molecule has 0 bridgehead atoms. The summed E-state index contributed by atoms with van der Waals surface area (Å²) < 4.78 is 27.0. The highest BCUT2D eigenvalue weighted by molar-refractivity contribution is 5.23. The Hall–Kier alpha value is -0.960. The van der Waals surface area contributed by atoms with Gasteiger partial charge in [0.05, 0.1) is 0 Å². The maximum Gasteiger partial charge on any atom is 0.129 e. The van der Waals surface area contributed by atoms with E-state index in [1.54, 1.807) is 0 Å². The molecule has 1 unspecified atom stereocenters. The highest BCUT2D eigenvalue weighted by Gasteiger charge is 2.16. The predicted molar refractivity (Wildman–Crippen MR) is 67.1 cm³/mol. The van der Waals surface area contributed by atoms with Crippen LogP contribution in [0.1, 0.15) is 45.6 Å². The number of rotatable bonds is 4. The average Bonchev–Trinajstić information content (AvgIpc) is 2.15. The number of benzene rings is 1. The first kappa shape index (κ1) is 14.1. The zero-order chi connectivity index (χ0) is 13.1. The first-order valence-electron chi connectivity index (χ1n) is 6.00. The van der Waals surface area contributed by atoms with Crippen molar-refractivity contribution in [2.75, 3.05) is 6.54 Å². The van der Waals surface area contributed by atoms with Crippen LogP contribution >= 0.6 is 0 Å². The smallest absolute Gasteiger partial charge is 0.129 e. The fraction of sp³-hybridized carbons (Fsp3) is 0.571. The Morgan fingerprint density at radius 2 is 1.71 bits per heavy atom. The second-order valence-electron chi connectivity index (χ2n) is 5.50. The van der Waals surface area contributed by atoms with Gasteiger partial charge in [-0.15, -0.1) is 0 Å². The number of hydrogen-bond acceptors (Lipinski definition) is 1. The molecule has 1 nitrogen and oxygen atoms in total. The second kappa shape index (κ2) is 5.58. The van der Waals surface area contributed by atoms with Crippen LogP contribution in [0.4, 0.5) is 8.78 Å². The SMILES string of the molecule is CC(CCNC(C)(C)C)c1c(F)cccc1F. The van der Waals surface area contributed by atoms with E-state index in [4.69, 9.17) is 0 Å². The van der Waals surface area contributed by atoms with Crippen molar-refractivity contribution in [3.63, 3.8) is 0 Å². The second-order valence-corrected chi connectivity index (χ2v) is 5.50. The molecule has 0 amide bonds. The molecule has 0 aliphatic carbocycles. The lowest BCUT2D eigenvalue weighted by atomic mass is 9.96. The molecule has 0 spiro atoms. The number of nitrogens with one attached hydrogen (secondary N) is 1. The van der Waals surface area contributed by atoms with Crippen LogP contribution in [0.15, 0.2) is 18.2 Å². The Bertz CT molecular complexity index is 349. The van der Waals surface area contributed by atoms with E-state index in [0.717, 1.165) is 13.0 Å². The summed E-state index contributed by atoms with van der Waals surface area (Å²) >= 11 is 0. The Kier molecular flexibility index (Phi) is 4.63. The molecule has 0 saturated carbocycles. The summed E-state index contributed by atoms with van der Waals surface area (Å²) in [5.41, 5.74) is 0.233. The summed E-state index contributed by atoms with van der Waals surface area (Å²) in [7, 11) is 0. The van der Waals surface area contributed by atoms with Gasteiger partial charge in [0.1, 0.15) is 11.6 Å². The van der Waals surface area contributed by atoms with Crippen LogP contribution in [-0.4, -0.2) is 12.1 Å². The van der Waals surface area contributed by atoms with Crippen LogP contribution in [-0.2, 0) is 0 Å². The molecule has 3 heteroatoms. The van der Waals surface area contributed by atoms with E-state index in [9.17, 15) is 8.78 Å². The van der Waals surface area contributed by atoms with Crippen molar-refractivity contribution in [2.45, 2.75) is 45.6 Å². The van der Waals surface area contributed by atoms with Crippen LogP contribution in [0, 0.1) is 11.6 Å². The summed E-state index contributed by atoms with van der Waals surface area (Å²) in [5.74, 6) is -1.02. The summed E-state index contributed by atoms with van der Waals surface area (Å²) in [6.45, 7) is 8.81. The molecule has 1 atom stereocenters. The van der Waals surface area contributed by atoms with Gasteiger partial charge in [-0.3, -0.25) is 0 Å². The van der Waals surface area contributed by atoms with Gasteiger partial charge in [-0.25, -0.2) is 8.78 Å². The molecule has 1 rings (SSSR count). The molecular weight excluding hydrogens is 220 g/mol. The Labute approximate surface area is 102 Å². The van der Waals surface area contributed by atoms with E-state index in [1.807, 2.05) is 6.92 Å². The van der Waals surface area contributed by atoms with E-state index < -0.39 is 11.6 Å². The highest BCUT2D eigenvalue weighted by Crippen LogP contribution is 2.24. The first-order chi connectivity index (χ1) is 7.81. The summed E-state index contributed by atoms with van der Waals surface area (Å²) in [5, 5.41) is 3.32. The maximum absolute atomic E-state index is 13.5. The lowest BCUT2D eigenvalue weighted by Crippen LogP contribution is -2.36. The van der Waals surface area contributed by atoms with E-state index in [2.05, 4.69) is 26.1 Å². The lowest BCUT2D eigenvalue weighted by molar-refractivity contribution is 0.409. The molecule has 0 radical (unpaired) electrons. The van der Waals surface area contributed by atoms with Crippen LogP contribution in [0.2, 0.25) is 0 Å². The minimum Gasteiger partial charge on any atom is -0.312 e. The third-order valence-electron chi connectivity index (χ3n) is 2.73. The summed E-state index contributed by atoms with van der Waals surface area (Å²) in [6, 6.07) is 4.02. The third-order valence-corrected chi connectivity index (χ3v) is 2.73. The van der Waals surface area contributed by atoms with Crippen LogP contribution in [0.3, 0.4) is 0 Å². The molecule has 1 aromatic rings. The Balaban J connectivity index is 2.61. The van der Waals surface area contributed by atoms with Crippen molar-refractivity contribution >= 4 is 0 Å². The van der Waals surface area contributed by atoms with Crippen LogP contribution in [0.25, 0.3) is 0 Å². The van der Waals surface area contributed by atoms with Crippen molar-refractivity contribution in [1.29, 1.82) is 0 Å². The quantitative estimate of drug-likeness (QED) is 0.844. The number of halogens is 2. The van der Waals surface area contributed by atoms with Gasteiger partial charge in [0, 0.05) is 11.1 Å². The zero-order valence-electron chi connectivity index (χ0n) is 11.0. The van der Waals surface area contributed by atoms with Crippen LogP contribution in [0.5, 0.6) is 0 Å². The van der Waals surface area contributed by atoms with Crippen LogP contribution < -0.4 is 5.32 Å². The summed E-state index contributed by atoms with van der Waals surface area (Å²) in [6.07, 6.45) is 0.717. The van der Waals surface area contributed by atoms with Crippen molar-refractivity contribution < 1.29 is 8.78 Å². The minimum atomic E-state index is -0.451. The molecule has 0 fully saturated rings. The zero-order valence-corrected chi connectivity index (χ0v) is 11.0. The van der Waals surface area contributed by atoms with E-state index >= 15 is 0 Å². The van der Waals surface area contributed by atoms with Gasteiger partial charge in [-0.1, -0.05) is 13.0 Å². The molecule has 0 aliphatic rings. The highest BCUT2D eigenvalue weighted by atomic mass is 19.1. The fourth-order valence-electron chi connectivity index (χ4n) is 1.79. The van der Waals surface area contributed by atoms with Crippen molar-refractivity contribution in [3.8, 4) is 0 Å². The molecule has 0 aliphatic heterocycles. The molecule has 1 N–H and O–H groups in total.